The molecule has 2 heterocycles. The van der Waals surface area contributed by atoms with E-state index < -0.39 is 5.97 Å². The fraction of sp³-hybridized carbons (Fsp3) is 0.154. The van der Waals surface area contributed by atoms with Gasteiger partial charge in [-0.25, -0.2) is 9.78 Å². The van der Waals surface area contributed by atoms with E-state index in [1.165, 1.54) is 16.8 Å². The number of anilines is 1. The van der Waals surface area contributed by atoms with Crippen molar-refractivity contribution in [3.63, 3.8) is 0 Å². The fourth-order valence-corrected chi connectivity index (χ4v) is 1.55. The van der Waals surface area contributed by atoms with Gasteiger partial charge in [-0.3, -0.25) is 9.36 Å². The summed E-state index contributed by atoms with van der Waals surface area (Å²) in [4.78, 5) is 27.3. The second-order valence-electron chi connectivity index (χ2n) is 3.76. The van der Waals surface area contributed by atoms with E-state index >= 15 is 0 Å². The number of ether oxygens (including phenoxy) is 1. The number of carbonyl (C=O) groups excluding carboxylic acids is 1. The SMILES string of the molecule is CCOC(=O)c1ccc(-n2cccc(N)c2=O)nc1. The van der Waals surface area contributed by atoms with Crippen LogP contribution in [-0.4, -0.2) is 22.1 Å². The lowest BCUT2D eigenvalue weighted by molar-refractivity contribution is 0.0526. The van der Waals surface area contributed by atoms with Crippen molar-refractivity contribution in [3.05, 3.63) is 52.6 Å². The summed E-state index contributed by atoms with van der Waals surface area (Å²) in [5.74, 6) is -0.0492. The minimum atomic E-state index is -0.443. The van der Waals surface area contributed by atoms with E-state index in [4.69, 9.17) is 10.5 Å². The molecule has 6 heteroatoms. The Balaban J connectivity index is 2.35. The molecule has 0 aliphatic carbocycles. The third kappa shape index (κ3) is 2.62. The molecule has 6 nitrogen and oxygen atoms in total. The van der Waals surface area contributed by atoms with Crippen LogP contribution in [0.4, 0.5) is 5.69 Å². The number of aromatic nitrogens is 2. The summed E-state index contributed by atoms with van der Waals surface area (Å²) >= 11 is 0. The largest absolute Gasteiger partial charge is 0.462 e. The van der Waals surface area contributed by atoms with Crippen LogP contribution in [0.15, 0.2) is 41.5 Å². The average molecular weight is 259 g/mol. The molecule has 0 fully saturated rings. The zero-order valence-electron chi connectivity index (χ0n) is 10.4. The van der Waals surface area contributed by atoms with Crippen LogP contribution in [-0.2, 0) is 4.74 Å². The van der Waals surface area contributed by atoms with Crippen LogP contribution in [0, 0.1) is 0 Å². The van der Waals surface area contributed by atoms with Crippen LogP contribution in [0.25, 0.3) is 5.82 Å². The van der Waals surface area contributed by atoms with Crippen LogP contribution < -0.4 is 11.3 Å². The highest BCUT2D eigenvalue weighted by molar-refractivity contribution is 5.89. The third-order valence-electron chi connectivity index (χ3n) is 2.48. The standard InChI is InChI=1S/C13H13N3O3/c1-2-19-13(18)9-5-6-11(15-8-9)16-7-3-4-10(14)12(16)17/h3-8H,2,14H2,1H3. The molecule has 0 aliphatic rings. The Morgan fingerprint density at radius 2 is 2.21 bits per heavy atom. The number of carbonyl (C=O) groups is 1. The van der Waals surface area contributed by atoms with Crippen LogP contribution in [0.1, 0.15) is 17.3 Å². The zero-order chi connectivity index (χ0) is 13.8. The molecule has 0 bridgehead atoms. The first kappa shape index (κ1) is 12.8. The summed E-state index contributed by atoms with van der Waals surface area (Å²) in [5.41, 5.74) is 5.67. The van der Waals surface area contributed by atoms with Gasteiger partial charge in [0.2, 0.25) is 0 Å². The molecule has 0 atom stereocenters. The summed E-state index contributed by atoms with van der Waals surface area (Å²) in [5, 5.41) is 0. The van der Waals surface area contributed by atoms with E-state index in [2.05, 4.69) is 4.98 Å². The molecule has 0 spiro atoms. The Labute approximate surface area is 109 Å². The highest BCUT2D eigenvalue weighted by Crippen LogP contribution is 2.06. The van der Waals surface area contributed by atoms with Crippen LogP contribution in [0.3, 0.4) is 0 Å². The summed E-state index contributed by atoms with van der Waals surface area (Å²) in [7, 11) is 0. The molecule has 2 aromatic heterocycles. The van der Waals surface area contributed by atoms with Gasteiger partial charge in [-0.15, -0.1) is 0 Å². The maximum atomic E-state index is 11.8. The summed E-state index contributed by atoms with van der Waals surface area (Å²) in [6.07, 6.45) is 2.92. The third-order valence-corrected chi connectivity index (χ3v) is 2.48. The van der Waals surface area contributed by atoms with E-state index in [-0.39, 0.29) is 11.2 Å². The van der Waals surface area contributed by atoms with Crippen molar-refractivity contribution >= 4 is 11.7 Å². The van der Waals surface area contributed by atoms with Crippen LogP contribution in [0.5, 0.6) is 0 Å². The first-order valence-electron chi connectivity index (χ1n) is 5.74. The van der Waals surface area contributed by atoms with Crippen molar-refractivity contribution < 1.29 is 9.53 Å². The van der Waals surface area contributed by atoms with Crippen LogP contribution >= 0.6 is 0 Å². The maximum Gasteiger partial charge on any atom is 0.339 e. The number of nitrogen functional groups attached to an aromatic ring is 1. The van der Waals surface area contributed by atoms with Crippen molar-refractivity contribution in [1.82, 2.24) is 9.55 Å². The fourth-order valence-electron chi connectivity index (χ4n) is 1.55. The number of esters is 1. The van der Waals surface area contributed by atoms with Gasteiger partial charge < -0.3 is 10.5 Å². The summed E-state index contributed by atoms with van der Waals surface area (Å²) in [6.45, 7) is 2.03. The van der Waals surface area contributed by atoms with Gasteiger partial charge in [0.15, 0.2) is 0 Å². The van der Waals surface area contributed by atoms with E-state index in [1.807, 2.05) is 0 Å². The summed E-state index contributed by atoms with van der Waals surface area (Å²) < 4.78 is 6.16. The van der Waals surface area contributed by atoms with Gasteiger partial charge in [-0.2, -0.15) is 0 Å². The van der Waals surface area contributed by atoms with Gasteiger partial charge in [0.05, 0.1) is 17.9 Å². The molecule has 0 saturated carbocycles. The van der Waals surface area contributed by atoms with Crippen molar-refractivity contribution in [1.29, 1.82) is 0 Å². The average Bonchev–Trinajstić information content (AvgIpc) is 2.42. The van der Waals surface area contributed by atoms with Gasteiger partial charge in [0.25, 0.3) is 5.56 Å². The summed E-state index contributed by atoms with van der Waals surface area (Å²) in [6, 6.07) is 6.28. The first-order valence-corrected chi connectivity index (χ1v) is 5.74. The lowest BCUT2D eigenvalue weighted by atomic mass is 10.3. The normalized spacial score (nSPS) is 10.2. The van der Waals surface area contributed by atoms with E-state index in [0.29, 0.717) is 18.0 Å². The molecular weight excluding hydrogens is 246 g/mol. The minimum Gasteiger partial charge on any atom is -0.462 e. The molecule has 2 rings (SSSR count). The Kier molecular flexibility index (Phi) is 3.61. The molecule has 0 amide bonds. The molecule has 0 radical (unpaired) electrons. The topological polar surface area (TPSA) is 87.2 Å². The number of nitrogens with zero attached hydrogens (tertiary/aromatic N) is 2. The highest BCUT2D eigenvalue weighted by atomic mass is 16.5. The monoisotopic (exact) mass is 259 g/mol. The predicted octanol–water partition coefficient (Wildman–Crippen LogP) is 0.991. The predicted molar refractivity (Wildman–Crippen MR) is 70.2 cm³/mol. The maximum absolute atomic E-state index is 11.8. The van der Waals surface area contributed by atoms with Crippen molar-refractivity contribution in [2.75, 3.05) is 12.3 Å². The Morgan fingerprint density at radius 1 is 1.42 bits per heavy atom. The zero-order valence-corrected chi connectivity index (χ0v) is 10.4. The minimum absolute atomic E-state index is 0.138. The van der Waals surface area contributed by atoms with Gasteiger partial charge in [-0.05, 0) is 31.2 Å². The number of pyridine rings is 2. The molecule has 0 saturated heterocycles. The molecule has 0 aliphatic heterocycles. The van der Waals surface area contributed by atoms with Gasteiger partial charge in [0, 0.05) is 12.4 Å². The highest BCUT2D eigenvalue weighted by Gasteiger charge is 2.08. The Bertz CT molecular complexity index is 647. The van der Waals surface area contributed by atoms with Gasteiger partial charge in [-0.1, -0.05) is 0 Å². The second-order valence-corrected chi connectivity index (χ2v) is 3.76. The van der Waals surface area contributed by atoms with Gasteiger partial charge in [0.1, 0.15) is 5.82 Å². The molecule has 2 N–H and O–H groups in total. The quantitative estimate of drug-likeness (QED) is 0.830. The van der Waals surface area contributed by atoms with Crippen molar-refractivity contribution in [3.8, 4) is 5.82 Å². The Morgan fingerprint density at radius 3 is 2.84 bits per heavy atom. The van der Waals surface area contributed by atoms with E-state index in [0.717, 1.165) is 0 Å². The first-order chi connectivity index (χ1) is 9.13. The lowest BCUT2D eigenvalue weighted by Crippen LogP contribution is -2.21. The van der Waals surface area contributed by atoms with E-state index in [1.54, 1.807) is 31.3 Å². The van der Waals surface area contributed by atoms with Gasteiger partial charge >= 0.3 is 5.97 Å². The Hall–Kier alpha value is -2.63. The van der Waals surface area contributed by atoms with Crippen molar-refractivity contribution in [2.45, 2.75) is 6.92 Å². The lowest BCUT2D eigenvalue weighted by Gasteiger charge is -2.06. The molecular formula is C13H13N3O3. The molecule has 98 valence electrons. The number of hydrogen-bond donors (Lipinski definition) is 1. The van der Waals surface area contributed by atoms with Crippen LogP contribution in [0.2, 0.25) is 0 Å². The molecule has 2 aromatic rings. The number of nitrogens with two attached hydrogens (primary N) is 1. The number of rotatable bonds is 3. The smallest absolute Gasteiger partial charge is 0.339 e. The molecule has 19 heavy (non-hydrogen) atoms. The molecule has 0 unspecified atom stereocenters. The second kappa shape index (κ2) is 5.34. The van der Waals surface area contributed by atoms with E-state index in [9.17, 15) is 9.59 Å². The molecule has 0 aromatic carbocycles. The van der Waals surface area contributed by atoms with Crippen molar-refractivity contribution in [2.24, 2.45) is 0 Å². The number of hydrogen-bond acceptors (Lipinski definition) is 5.